The van der Waals surface area contributed by atoms with Gasteiger partial charge in [-0.15, -0.1) is 0 Å². The van der Waals surface area contributed by atoms with Crippen LogP contribution in [0.15, 0.2) is 72.8 Å². The molecule has 36 heavy (non-hydrogen) atoms. The van der Waals surface area contributed by atoms with Gasteiger partial charge in [-0.25, -0.2) is 13.4 Å². The first-order valence-corrected chi connectivity index (χ1v) is 13.8. The number of anilines is 2. The molecule has 0 spiro atoms. The van der Waals surface area contributed by atoms with Gasteiger partial charge < -0.3 is 15.3 Å². The van der Waals surface area contributed by atoms with Gasteiger partial charge in [0.05, 0.1) is 18.9 Å². The van der Waals surface area contributed by atoms with Crippen LogP contribution in [-0.4, -0.2) is 63.5 Å². The molecule has 1 aliphatic heterocycles. The van der Waals surface area contributed by atoms with E-state index in [0.29, 0.717) is 23.7 Å². The number of carbonyl (C=O) groups is 1. The molecule has 9 heteroatoms. The second-order valence-electron chi connectivity index (χ2n) is 9.19. The van der Waals surface area contributed by atoms with Crippen molar-refractivity contribution in [3.05, 3.63) is 89.5 Å². The van der Waals surface area contributed by atoms with Crippen molar-refractivity contribution in [2.24, 2.45) is 0 Å². The van der Waals surface area contributed by atoms with Gasteiger partial charge in [0.25, 0.3) is 5.91 Å². The fourth-order valence-corrected chi connectivity index (χ4v) is 4.85. The molecule has 1 aromatic heterocycles. The largest absolute Gasteiger partial charge is 0.394 e. The zero-order valence-electron chi connectivity index (χ0n) is 20.5. The van der Waals surface area contributed by atoms with Crippen molar-refractivity contribution in [3.8, 4) is 0 Å². The van der Waals surface area contributed by atoms with E-state index < -0.39 is 22.0 Å². The molecule has 4 rings (SSSR count). The van der Waals surface area contributed by atoms with E-state index in [1.165, 1.54) is 18.7 Å². The highest BCUT2D eigenvalue weighted by molar-refractivity contribution is 7.92. The minimum Gasteiger partial charge on any atom is -0.394 e. The van der Waals surface area contributed by atoms with Crippen LogP contribution >= 0.6 is 0 Å². The summed E-state index contributed by atoms with van der Waals surface area (Å²) < 4.78 is 25.6. The molecule has 0 saturated carbocycles. The molecule has 1 aliphatic rings. The highest BCUT2D eigenvalue weighted by atomic mass is 32.2. The maximum Gasteiger partial charge on any atom is 0.251 e. The van der Waals surface area contributed by atoms with Crippen LogP contribution in [0.3, 0.4) is 0 Å². The Labute approximate surface area is 212 Å². The molecule has 3 aromatic rings. The summed E-state index contributed by atoms with van der Waals surface area (Å²) in [7, 11) is -2.16. The van der Waals surface area contributed by atoms with Crippen LogP contribution in [-0.2, 0) is 16.4 Å². The van der Waals surface area contributed by atoms with E-state index in [1.54, 1.807) is 6.07 Å². The monoisotopic (exact) mass is 508 g/mol. The van der Waals surface area contributed by atoms with E-state index in [0.717, 1.165) is 35.6 Å². The molecular formula is C27H32N4O4S. The summed E-state index contributed by atoms with van der Waals surface area (Å²) in [6.45, 7) is 1.24. The van der Waals surface area contributed by atoms with Gasteiger partial charge in [0, 0.05) is 31.6 Å². The zero-order chi connectivity index (χ0) is 25.7. The number of aliphatic hydroxyl groups is 1. The van der Waals surface area contributed by atoms with Gasteiger partial charge in [-0.3, -0.25) is 9.10 Å². The first-order valence-electron chi connectivity index (χ1n) is 12.0. The van der Waals surface area contributed by atoms with Crippen LogP contribution in [0.2, 0.25) is 0 Å². The lowest BCUT2D eigenvalue weighted by Crippen LogP contribution is -2.39. The van der Waals surface area contributed by atoms with Crippen LogP contribution < -0.4 is 14.5 Å². The number of amides is 1. The fourth-order valence-electron chi connectivity index (χ4n) is 4.42. The lowest BCUT2D eigenvalue weighted by molar-refractivity contribution is 0.0916. The number of aliphatic hydroxyl groups excluding tert-OH is 1. The van der Waals surface area contributed by atoms with Crippen molar-refractivity contribution in [1.29, 1.82) is 0 Å². The predicted octanol–water partition coefficient (Wildman–Crippen LogP) is 2.80. The molecule has 8 nitrogen and oxygen atoms in total. The molecule has 0 aliphatic carbocycles. The molecule has 2 aromatic carbocycles. The summed E-state index contributed by atoms with van der Waals surface area (Å²) in [5, 5.41) is 12.8. The highest BCUT2D eigenvalue weighted by Gasteiger charge is 2.27. The Bertz CT molecular complexity index is 1290. The summed E-state index contributed by atoms with van der Waals surface area (Å²) in [5.74, 6) is 0.656. The number of aromatic nitrogens is 1. The first-order chi connectivity index (χ1) is 17.2. The summed E-state index contributed by atoms with van der Waals surface area (Å²) in [4.78, 5) is 19.9. The number of nitrogens with zero attached hydrogens (tertiary/aromatic N) is 3. The minimum absolute atomic E-state index is 0.173. The van der Waals surface area contributed by atoms with Crippen LogP contribution in [0, 0.1) is 0 Å². The van der Waals surface area contributed by atoms with E-state index in [2.05, 4.69) is 27.3 Å². The summed E-state index contributed by atoms with van der Waals surface area (Å²) >= 11 is 0. The van der Waals surface area contributed by atoms with Crippen molar-refractivity contribution in [2.45, 2.75) is 24.8 Å². The summed E-state index contributed by atoms with van der Waals surface area (Å²) in [5.41, 5.74) is 2.53. The SMILES string of the molecule is CN(c1cc(C(=O)N[C@H](CO)Cc2ccccc2)cc(N2CCC(c3ccccc3)C2)n1)S(C)(=O)=O. The number of sulfonamides is 1. The Hall–Kier alpha value is -3.43. The quantitative estimate of drug-likeness (QED) is 0.461. The minimum atomic E-state index is -3.58. The molecule has 2 N–H and O–H groups in total. The standard InChI is InChI=1S/C27H32N4O4S/c1-30(36(2,34)35)25-16-23(27(33)28-24(19-32)15-20-9-5-3-6-10-20)17-26(29-25)31-14-13-22(18-31)21-11-7-4-8-12-21/h3-12,16-17,22,24,32H,13-15,18-19H2,1-2H3,(H,28,33)/t22?,24-/m0/s1. The molecule has 2 atom stereocenters. The van der Waals surface area contributed by atoms with E-state index in [4.69, 9.17) is 0 Å². The Kier molecular flexibility index (Phi) is 7.91. The van der Waals surface area contributed by atoms with Crippen molar-refractivity contribution in [3.63, 3.8) is 0 Å². The van der Waals surface area contributed by atoms with Gasteiger partial charge in [0.2, 0.25) is 10.0 Å². The van der Waals surface area contributed by atoms with Gasteiger partial charge >= 0.3 is 0 Å². The third kappa shape index (κ3) is 6.22. The van der Waals surface area contributed by atoms with Gasteiger partial charge in [0.15, 0.2) is 0 Å². The van der Waals surface area contributed by atoms with Gasteiger partial charge in [0.1, 0.15) is 11.6 Å². The third-order valence-electron chi connectivity index (χ3n) is 6.54. The maximum absolute atomic E-state index is 13.2. The van der Waals surface area contributed by atoms with E-state index in [-0.39, 0.29) is 12.4 Å². The van der Waals surface area contributed by atoms with Crippen molar-refractivity contribution in [1.82, 2.24) is 10.3 Å². The Morgan fingerprint density at radius 3 is 2.44 bits per heavy atom. The Morgan fingerprint density at radius 2 is 1.81 bits per heavy atom. The lowest BCUT2D eigenvalue weighted by atomic mass is 9.99. The number of benzene rings is 2. The molecule has 1 saturated heterocycles. The highest BCUT2D eigenvalue weighted by Crippen LogP contribution is 2.31. The maximum atomic E-state index is 13.2. The second-order valence-corrected chi connectivity index (χ2v) is 11.2. The smallest absolute Gasteiger partial charge is 0.251 e. The lowest BCUT2D eigenvalue weighted by Gasteiger charge is -2.23. The molecule has 1 unspecified atom stereocenters. The topological polar surface area (TPSA) is 103 Å². The van der Waals surface area contributed by atoms with Crippen LogP contribution in [0.25, 0.3) is 0 Å². The van der Waals surface area contributed by atoms with Gasteiger partial charge in [-0.1, -0.05) is 60.7 Å². The van der Waals surface area contributed by atoms with Crippen LogP contribution in [0.4, 0.5) is 11.6 Å². The number of hydrogen-bond acceptors (Lipinski definition) is 6. The average Bonchev–Trinajstić information content (AvgIpc) is 3.38. The van der Waals surface area contributed by atoms with E-state index in [1.807, 2.05) is 48.5 Å². The number of carbonyl (C=O) groups excluding carboxylic acids is 1. The molecule has 1 fully saturated rings. The second kappa shape index (κ2) is 11.1. The first kappa shape index (κ1) is 25.7. The molecule has 190 valence electrons. The van der Waals surface area contributed by atoms with E-state index >= 15 is 0 Å². The number of hydrogen-bond donors (Lipinski definition) is 2. The Balaban J connectivity index is 1.60. The molecular weight excluding hydrogens is 476 g/mol. The fraction of sp³-hybridized carbons (Fsp3) is 0.333. The molecule has 0 radical (unpaired) electrons. The van der Waals surface area contributed by atoms with E-state index in [9.17, 15) is 18.3 Å². The van der Waals surface area contributed by atoms with Crippen LogP contribution in [0.5, 0.6) is 0 Å². The zero-order valence-corrected chi connectivity index (χ0v) is 21.4. The number of pyridine rings is 1. The predicted molar refractivity (Wildman–Crippen MR) is 142 cm³/mol. The third-order valence-corrected chi connectivity index (χ3v) is 7.73. The van der Waals surface area contributed by atoms with Crippen molar-refractivity contribution in [2.75, 3.05) is 42.2 Å². The normalized spacial score (nSPS) is 16.5. The summed E-state index contributed by atoms with van der Waals surface area (Å²) in [6, 6.07) is 22.5. The Morgan fingerprint density at radius 1 is 1.14 bits per heavy atom. The van der Waals surface area contributed by atoms with Crippen LogP contribution in [0.1, 0.15) is 33.8 Å². The van der Waals surface area contributed by atoms with Gasteiger partial charge in [-0.05, 0) is 36.1 Å². The summed E-state index contributed by atoms with van der Waals surface area (Å²) in [6.07, 6.45) is 2.51. The van der Waals surface area contributed by atoms with Crippen molar-refractivity contribution < 1.29 is 18.3 Å². The molecule has 0 bridgehead atoms. The average molecular weight is 509 g/mol. The van der Waals surface area contributed by atoms with Gasteiger partial charge in [-0.2, -0.15) is 0 Å². The number of rotatable bonds is 9. The number of nitrogens with one attached hydrogen (secondary N) is 1. The molecule has 2 heterocycles. The van der Waals surface area contributed by atoms with Crippen molar-refractivity contribution >= 4 is 27.6 Å². The molecule has 1 amide bonds.